The smallest absolute Gasteiger partial charge is 0.266 e. The molecule has 0 amide bonds. The van der Waals surface area contributed by atoms with Gasteiger partial charge >= 0.3 is 0 Å². The van der Waals surface area contributed by atoms with E-state index in [2.05, 4.69) is 4.99 Å². The molecule has 8 heteroatoms. The lowest BCUT2D eigenvalue weighted by Crippen LogP contribution is -2.07. The standard InChI is InChI=1S/C15H11Cl3N2O3/c1-7-10(6-19-12-4-3-9(16)5-11(12)17)15(21)14(20(22)23)8(2)13(7)18/h3-6,21H,1-2H3/p-1. The Morgan fingerprint density at radius 3 is 2.39 bits per heavy atom. The average Bonchev–Trinajstić information content (AvgIpc) is 2.46. The molecule has 2 aromatic carbocycles. The molecule has 0 N–H and O–H groups in total. The van der Waals surface area contributed by atoms with Crippen LogP contribution < -0.4 is 5.11 Å². The van der Waals surface area contributed by atoms with Gasteiger partial charge in [0.1, 0.15) is 0 Å². The predicted molar refractivity (Wildman–Crippen MR) is 90.7 cm³/mol. The monoisotopic (exact) mass is 371 g/mol. The summed E-state index contributed by atoms with van der Waals surface area (Å²) in [5, 5.41) is 24.3. The van der Waals surface area contributed by atoms with E-state index in [1.165, 1.54) is 19.2 Å². The number of nitro groups is 1. The first-order valence-corrected chi connectivity index (χ1v) is 7.50. The van der Waals surface area contributed by atoms with Gasteiger partial charge < -0.3 is 5.11 Å². The molecule has 0 aliphatic carbocycles. The molecule has 0 unspecified atom stereocenters. The number of aliphatic imine (C=N–C) groups is 1. The first-order chi connectivity index (χ1) is 10.7. The highest BCUT2D eigenvalue weighted by molar-refractivity contribution is 6.36. The van der Waals surface area contributed by atoms with E-state index in [1.54, 1.807) is 19.1 Å². The molecule has 0 fully saturated rings. The molecule has 0 saturated heterocycles. The van der Waals surface area contributed by atoms with E-state index in [0.717, 1.165) is 0 Å². The summed E-state index contributed by atoms with van der Waals surface area (Å²) in [4.78, 5) is 14.5. The summed E-state index contributed by atoms with van der Waals surface area (Å²) in [6.45, 7) is 3.04. The number of halogens is 3. The fraction of sp³-hybridized carbons (Fsp3) is 0.133. The van der Waals surface area contributed by atoms with Gasteiger partial charge in [-0.05, 0) is 48.9 Å². The Hall–Kier alpha value is -1.82. The lowest BCUT2D eigenvalue weighted by atomic mass is 10.0. The molecular weight excluding hydrogens is 363 g/mol. The Labute approximate surface area is 147 Å². The minimum absolute atomic E-state index is 0.0540. The van der Waals surface area contributed by atoms with Crippen LogP contribution in [0, 0.1) is 24.0 Å². The van der Waals surface area contributed by atoms with Crippen molar-refractivity contribution in [3.8, 4) is 5.75 Å². The molecular formula is C15H10Cl3N2O3-. The van der Waals surface area contributed by atoms with Gasteiger partial charge in [-0.3, -0.25) is 15.1 Å². The van der Waals surface area contributed by atoms with E-state index in [4.69, 9.17) is 34.8 Å². The Balaban J connectivity index is 2.60. The van der Waals surface area contributed by atoms with E-state index < -0.39 is 16.4 Å². The van der Waals surface area contributed by atoms with Crippen LogP contribution in [0.5, 0.6) is 5.75 Å². The summed E-state index contributed by atoms with van der Waals surface area (Å²) in [5.74, 6) is -0.733. The molecule has 0 aliphatic rings. The SMILES string of the molecule is Cc1c(Cl)c(C)c([N+](=O)[O-])c([O-])c1C=Nc1ccc(Cl)cc1Cl. The molecule has 5 nitrogen and oxygen atoms in total. The van der Waals surface area contributed by atoms with Crippen LogP contribution in [0.25, 0.3) is 0 Å². The Bertz CT molecular complexity index is 835. The largest absolute Gasteiger partial charge is 0.867 e. The Morgan fingerprint density at radius 2 is 1.83 bits per heavy atom. The van der Waals surface area contributed by atoms with Gasteiger partial charge in [-0.15, -0.1) is 0 Å². The molecule has 0 heterocycles. The van der Waals surface area contributed by atoms with Crippen molar-refractivity contribution in [2.24, 2.45) is 4.99 Å². The van der Waals surface area contributed by atoms with Crippen molar-refractivity contribution in [2.75, 3.05) is 0 Å². The maximum Gasteiger partial charge on any atom is 0.266 e. The summed E-state index contributed by atoms with van der Waals surface area (Å²) in [5.41, 5.74) is 0.450. The van der Waals surface area contributed by atoms with Gasteiger partial charge in [0.05, 0.1) is 20.7 Å². The van der Waals surface area contributed by atoms with Crippen molar-refractivity contribution in [3.63, 3.8) is 0 Å². The summed E-state index contributed by atoms with van der Waals surface area (Å²) in [7, 11) is 0. The molecule has 0 aromatic heterocycles. The third kappa shape index (κ3) is 3.42. The highest BCUT2D eigenvalue weighted by atomic mass is 35.5. The number of hydrogen-bond acceptors (Lipinski definition) is 4. The second-order valence-electron chi connectivity index (χ2n) is 4.77. The number of rotatable bonds is 3. The molecule has 23 heavy (non-hydrogen) atoms. The van der Waals surface area contributed by atoms with Crippen molar-refractivity contribution in [3.05, 3.63) is 60.1 Å². The molecule has 0 saturated carbocycles. The fourth-order valence-electron chi connectivity index (χ4n) is 2.07. The zero-order valence-corrected chi connectivity index (χ0v) is 14.3. The second-order valence-corrected chi connectivity index (χ2v) is 5.99. The first-order valence-electron chi connectivity index (χ1n) is 6.37. The van der Waals surface area contributed by atoms with Crippen LogP contribution >= 0.6 is 34.8 Å². The predicted octanol–water partition coefficient (Wildman–Crippen LogP) is 5.00. The Kier molecular flexibility index (Phi) is 5.14. The molecule has 2 rings (SSSR count). The number of nitrogens with zero attached hydrogens (tertiary/aromatic N) is 2. The maximum absolute atomic E-state index is 12.3. The van der Waals surface area contributed by atoms with Crippen LogP contribution in [-0.4, -0.2) is 11.1 Å². The van der Waals surface area contributed by atoms with E-state index in [0.29, 0.717) is 21.3 Å². The van der Waals surface area contributed by atoms with Gasteiger partial charge in [-0.25, -0.2) is 0 Å². The summed E-state index contributed by atoms with van der Waals surface area (Å²) >= 11 is 17.9. The minimum Gasteiger partial charge on any atom is -0.867 e. The number of nitro benzene ring substituents is 1. The lowest BCUT2D eigenvalue weighted by molar-refractivity contribution is -0.398. The average molecular weight is 373 g/mol. The van der Waals surface area contributed by atoms with Gasteiger partial charge in [0.15, 0.2) is 0 Å². The molecule has 0 radical (unpaired) electrons. The summed E-state index contributed by atoms with van der Waals surface area (Å²) in [6.07, 6.45) is 1.23. The van der Waals surface area contributed by atoms with Gasteiger partial charge in [-0.2, -0.15) is 0 Å². The third-order valence-electron chi connectivity index (χ3n) is 3.30. The molecule has 0 bridgehead atoms. The van der Waals surface area contributed by atoms with Crippen LogP contribution in [0.3, 0.4) is 0 Å². The Morgan fingerprint density at radius 1 is 1.17 bits per heavy atom. The quantitative estimate of drug-likeness (QED) is 0.432. The van der Waals surface area contributed by atoms with Crippen LogP contribution in [0.1, 0.15) is 16.7 Å². The topological polar surface area (TPSA) is 78.6 Å². The number of hydrogen-bond donors (Lipinski definition) is 0. The van der Waals surface area contributed by atoms with E-state index >= 15 is 0 Å². The summed E-state index contributed by atoms with van der Waals surface area (Å²) in [6, 6.07) is 4.67. The normalized spacial score (nSPS) is 11.2. The van der Waals surface area contributed by atoms with E-state index in [1.807, 2.05) is 0 Å². The molecule has 2 aromatic rings. The lowest BCUT2D eigenvalue weighted by Gasteiger charge is -2.17. The fourth-order valence-corrected chi connectivity index (χ4v) is 2.72. The molecule has 0 atom stereocenters. The minimum atomic E-state index is -0.740. The van der Waals surface area contributed by atoms with Crippen molar-refractivity contribution < 1.29 is 10.0 Å². The van der Waals surface area contributed by atoms with Crippen molar-refractivity contribution >= 4 is 52.4 Å². The summed E-state index contributed by atoms with van der Waals surface area (Å²) < 4.78 is 0. The van der Waals surface area contributed by atoms with Gasteiger partial charge in [0.25, 0.3) is 5.69 Å². The third-order valence-corrected chi connectivity index (χ3v) is 4.41. The second kappa shape index (κ2) is 6.74. The first kappa shape index (κ1) is 17.5. The van der Waals surface area contributed by atoms with Crippen molar-refractivity contribution in [1.82, 2.24) is 0 Å². The van der Waals surface area contributed by atoms with Crippen LogP contribution in [0.15, 0.2) is 23.2 Å². The van der Waals surface area contributed by atoms with Gasteiger partial charge in [0.2, 0.25) is 0 Å². The van der Waals surface area contributed by atoms with Crippen LogP contribution in [0.2, 0.25) is 15.1 Å². The van der Waals surface area contributed by atoms with Crippen molar-refractivity contribution in [1.29, 1.82) is 0 Å². The highest BCUT2D eigenvalue weighted by Gasteiger charge is 2.20. The molecule has 0 spiro atoms. The number of benzene rings is 2. The maximum atomic E-state index is 12.3. The van der Waals surface area contributed by atoms with E-state index in [-0.39, 0.29) is 16.1 Å². The van der Waals surface area contributed by atoms with Crippen LogP contribution in [0.4, 0.5) is 11.4 Å². The van der Waals surface area contributed by atoms with Crippen molar-refractivity contribution in [2.45, 2.75) is 13.8 Å². The van der Waals surface area contributed by atoms with E-state index in [9.17, 15) is 15.2 Å². The molecule has 0 aliphatic heterocycles. The highest BCUT2D eigenvalue weighted by Crippen LogP contribution is 2.38. The van der Waals surface area contributed by atoms with Gasteiger partial charge in [-0.1, -0.05) is 34.8 Å². The molecule has 120 valence electrons. The van der Waals surface area contributed by atoms with Crippen LogP contribution in [-0.2, 0) is 0 Å². The zero-order chi connectivity index (χ0) is 17.3. The van der Waals surface area contributed by atoms with Gasteiger partial charge in [0, 0.05) is 16.8 Å². The zero-order valence-electron chi connectivity index (χ0n) is 12.1.